The molecule has 0 spiro atoms. The number of carbonyl (C=O) groups is 6. The van der Waals surface area contributed by atoms with Crippen LogP contribution in [0.25, 0.3) is 10.9 Å². The van der Waals surface area contributed by atoms with Crippen LogP contribution in [-0.4, -0.2) is 109 Å². The molecule has 3 amide bonds. The third-order valence-corrected chi connectivity index (χ3v) is 8.45. The summed E-state index contributed by atoms with van der Waals surface area (Å²) >= 11 is 0. The van der Waals surface area contributed by atoms with Gasteiger partial charge in [0.25, 0.3) is 5.91 Å². The van der Waals surface area contributed by atoms with Crippen LogP contribution in [0.4, 0.5) is 13.2 Å². The number of methoxy groups -OCH3 is 1. The summed E-state index contributed by atoms with van der Waals surface area (Å²) in [6.45, 7) is 4.60. The van der Waals surface area contributed by atoms with E-state index in [1.807, 2.05) is 31.9 Å². The standard InChI is InChI=1S/C31H43N5O7.C2HF3O2/c1-18(2)14-23(35-30(40)24-16-20-21(33-24)8-7-10-27(20)42-4)29(39)34-22(15-19-11-12-32-28(19)38)26(37)17-43-31(41)25-9-5-6-13-36(25)3;3-2(4,5)1(6)7/h7-8,10,16,18-19,22-23,25,33H,5-6,9,11-15,17H2,1-4H3,(H,32,38)(H,34,39)(H,35,40);(H,6,7)/t19-,22-,23-,25+;/m0./s1. The second kappa shape index (κ2) is 17.8. The number of aromatic nitrogens is 1. The van der Waals surface area contributed by atoms with Crippen molar-refractivity contribution in [2.75, 3.05) is 33.9 Å². The first-order chi connectivity index (χ1) is 23.5. The Kier molecular flexibility index (Phi) is 14.2. The van der Waals surface area contributed by atoms with E-state index in [-0.39, 0.29) is 23.9 Å². The van der Waals surface area contributed by atoms with Gasteiger partial charge in [-0.2, -0.15) is 13.2 Å². The number of likely N-dealkylation sites (tertiary alicyclic amines) is 1. The van der Waals surface area contributed by atoms with Crippen LogP contribution in [0.3, 0.4) is 0 Å². The fourth-order valence-electron chi connectivity index (χ4n) is 5.78. The molecule has 14 nitrogen and oxygen atoms in total. The van der Waals surface area contributed by atoms with Crippen molar-refractivity contribution in [1.82, 2.24) is 25.8 Å². The number of nitrogens with zero attached hydrogens (tertiary/aromatic N) is 1. The lowest BCUT2D eigenvalue weighted by Crippen LogP contribution is -2.53. The molecule has 4 atom stereocenters. The number of fused-ring (bicyclic) bond motifs is 1. The van der Waals surface area contributed by atoms with Crippen LogP contribution < -0.4 is 20.7 Å². The Balaban J connectivity index is 0.000000872. The zero-order chi connectivity index (χ0) is 37.2. The number of Topliss-reactive ketones (excluding diaryl/α,β-unsaturated/α-hetero) is 1. The monoisotopic (exact) mass is 711 g/mol. The van der Waals surface area contributed by atoms with Crippen molar-refractivity contribution in [3.8, 4) is 5.75 Å². The SMILES string of the molecule is COc1cccc2[nH]c(C(=O)N[C@@H](CC(C)C)C(=O)N[C@@H](C[C@@H]3CCNC3=O)C(=O)COC(=O)[C@H]3CCCCN3C)cc12.O=C(O)C(F)(F)F. The highest BCUT2D eigenvalue weighted by atomic mass is 19.4. The van der Waals surface area contributed by atoms with Gasteiger partial charge < -0.3 is 35.5 Å². The van der Waals surface area contributed by atoms with E-state index < -0.39 is 66.4 Å². The number of alkyl halides is 3. The van der Waals surface area contributed by atoms with Crippen LogP contribution >= 0.6 is 0 Å². The van der Waals surface area contributed by atoms with Crippen molar-refractivity contribution in [1.29, 1.82) is 0 Å². The number of halogens is 3. The van der Waals surface area contributed by atoms with E-state index >= 15 is 0 Å². The maximum absolute atomic E-state index is 13.6. The molecular formula is C33H44F3N5O9. The van der Waals surface area contributed by atoms with Gasteiger partial charge in [0, 0.05) is 23.4 Å². The number of H-pyrrole nitrogens is 1. The van der Waals surface area contributed by atoms with Crippen LogP contribution in [-0.2, 0) is 28.7 Å². The Labute approximate surface area is 286 Å². The number of carboxylic acid groups (broad SMARTS) is 1. The van der Waals surface area contributed by atoms with Crippen molar-refractivity contribution in [2.24, 2.45) is 11.8 Å². The quantitative estimate of drug-likeness (QED) is 0.193. The van der Waals surface area contributed by atoms with Gasteiger partial charge in [0.15, 0.2) is 12.4 Å². The van der Waals surface area contributed by atoms with Gasteiger partial charge in [0.05, 0.1) is 13.2 Å². The Bertz CT molecular complexity index is 1540. The van der Waals surface area contributed by atoms with E-state index in [0.717, 1.165) is 24.8 Å². The molecule has 2 fully saturated rings. The minimum absolute atomic E-state index is 0.0436. The predicted octanol–water partition coefficient (Wildman–Crippen LogP) is 2.56. The highest BCUT2D eigenvalue weighted by Crippen LogP contribution is 2.26. The Hall–Kier alpha value is -4.67. The number of ketones is 1. The van der Waals surface area contributed by atoms with Crippen molar-refractivity contribution in [3.05, 3.63) is 30.0 Å². The first-order valence-corrected chi connectivity index (χ1v) is 16.3. The molecule has 2 aliphatic heterocycles. The first-order valence-electron chi connectivity index (χ1n) is 16.3. The smallest absolute Gasteiger partial charge is 0.490 e. The number of aromatic amines is 1. The second-order valence-electron chi connectivity index (χ2n) is 12.7. The highest BCUT2D eigenvalue weighted by molar-refractivity contribution is 6.02. The Morgan fingerprint density at radius 1 is 1.08 bits per heavy atom. The largest absolute Gasteiger partial charge is 0.496 e. The molecule has 2 saturated heterocycles. The average Bonchev–Trinajstić information content (AvgIpc) is 3.68. The molecule has 0 radical (unpaired) electrons. The fourth-order valence-corrected chi connectivity index (χ4v) is 5.78. The Morgan fingerprint density at radius 2 is 1.78 bits per heavy atom. The lowest BCUT2D eigenvalue weighted by Gasteiger charge is -2.30. The molecule has 3 heterocycles. The van der Waals surface area contributed by atoms with Gasteiger partial charge in [0.2, 0.25) is 11.8 Å². The number of ether oxygens (including phenoxy) is 2. The van der Waals surface area contributed by atoms with E-state index in [1.54, 1.807) is 25.3 Å². The second-order valence-corrected chi connectivity index (χ2v) is 12.7. The zero-order valence-electron chi connectivity index (χ0n) is 28.4. The first kappa shape index (κ1) is 39.8. The van der Waals surface area contributed by atoms with Crippen molar-refractivity contribution >= 4 is 46.3 Å². The maximum atomic E-state index is 13.6. The molecule has 1 aromatic carbocycles. The third kappa shape index (κ3) is 11.2. The number of carboxylic acids is 1. The lowest BCUT2D eigenvalue weighted by atomic mass is 9.95. The summed E-state index contributed by atoms with van der Waals surface area (Å²) in [4.78, 5) is 79.1. The van der Waals surface area contributed by atoms with Gasteiger partial charge in [-0.1, -0.05) is 26.3 Å². The van der Waals surface area contributed by atoms with Crippen LogP contribution in [0.1, 0.15) is 62.9 Å². The van der Waals surface area contributed by atoms with Crippen molar-refractivity contribution < 1.29 is 56.5 Å². The van der Waals surface area contributed by atoms with Gasteiger partial charge in [-0.05, 0) is 69.8 Å². The number of carbonyl (C=O) groups excluding carboxylic acids is 5. The topological polar surface area (TPSA) is 196 Å². The molecule has 2 aromatic rings. The summed E-state index contributed by atoms with van der Waals surface area (Å²) in [6, 6.07) is 4.65. The maximum Gasteiger partial charge on any atom is 0.490 e. The summed E-state index contributed by atoms with van der Waals surface area (Å²) < 4.78 is 42.5. The molecule has 0 bridgehead atoms. The molecular weight excluding hydrogens is 667 g/mol. The summed E-state index contributed by atoms with van der Waals surface area (Å²) in [7, 11) is 3.40. The molecule has 0 saturated carbocycles. The number of nitrogens with one attached hydrogen (secondary N) is 4. The predicted molar refractivity (Wildman–Crippen MR) is 173 cm³/mol. The molecule has 17 heteroatoms. The minimum Gasteiger partial charge on any atom is -0.496 e. The molecule has 4 rings (SSSR count). The van der Waals surface area contributed by atoms with E-state index in [2.05, 4.69) is 20.9 Å². The number of piperidine rings is 1. The summed E-state index contributed by atoms with van der Waals surface area (Å²) in [5.74, 6) is -4.76. The van der Waals surface area contributed by atoms with E-state index in [0.29, 0.717) is 37.1 Å². The van der Waals surface area contributed by atoms with Gasteiger partial charge >= 0.3 is 18.1 Å². The number of hydrogen-bond donors (Lipinski definition) is 5. The third-order valence-electron chi connectivity index (χ3n) is 8.45. The highest BCUT2D eigenvalue weighted by Gasteiger charge is 2.38. The minimum atomic E-state index is -5.08. The van der Waals surface area contributed by atoms with E-state index in [4.69, 9.17) is 19.4 Å². The number of hydrogen-bond acceptors (Lipinski definition) is 9. The molecule has 0 aliphatic carbocycles. The summed E-state index contributed by atoms with van der Waals surface area (Å²) in [5.41, 5.74) is 0.972. The fraction of sp³-hybridized carbons (Fsp3) is 0.576. The molecule has 0 unspecified atom stereocenters. The van der Waals surface area contributed by atoms with Crippen molar-refractivity contribution in [2.45, 2.75) is 76.7 Å². The van der Waals surface area contributed by atoms with Crippen LogP contribution in [0.2, 0.25) is 0 Å². The lowest BCUT2D eigenvalue weighted by molar-refractivity contribution is -0.192. The number of esters is 1. The van der Waals surface area contributed by atoms with Crippen molar-refractivity contribution in [3.63, 3.8) is 0 Å². The van der Waals surface area contributed by atoms with Gasteiger partial charge in [-0.25, -0.2) is 4.79 Å². The van der Waals surface area contributed by atoms with Crippen LogP contribution in [0.5, 0.6) is 5.75 Å². The summed E-state index contributed by atoms with van der Waals surface area (Å²) in [5, 5.41) is 16.2. The van der Waals surface area contributed by atoms with Crippen LogP contribution in [0.15, 0.2) is 24.3 Å². The molecule has 5 N–H and O–H groups in total. The van der Waals surface area contributed by atoms with Gasteiger partial charge in [-0.15, -0.1) is 0 Å². The molecule has 2 aliphatic rings. The number of aliphatic carboxylic acids is 1. The van der Waals surface area contributed by atoms with Crippen LogP contribution in [0, 0.1) is 11.8 Å². The number of likely N-dealkylation sites (N-methyl/N-ethyl adjacent to an activating group) is 1. The molecule has 50 heavy (non-hydrogen) atoms. The number of benzene rings is 1. The summed E-state index contributed by atoms with van der Waals surface area (Å²) in [6.07, 6.45) is -1.61. The average molecular weight is 712 g/mol. The van der Waals surface area contributed by atoms with Gasteiger partial charge in [-0.3, -0.25) is 28.9 Å². The molecule has 1 aromatic heterocycles. The zero-order valence-corrected chi connectivity index (χ0v) is 28.4. The van der Waals surface area contributed by atoms with E-state index in [9.17, 15) is 37.1 Å². The Morgan fingerprint density at radius 3 is 2.36 bits per heavy atom. The van der Waals surface area contributed by atoms with E-state index in [1.165, 1.54) is 0 Å². The van der Waals surface area contributed by atoms with Gasteiger partial charge in [0.1, 0.15) is 23.5 Å². The normalized spacial score (nSPS) is 19.1. The number of amides is 3. The molecule has 276 valence electrons. The number of rotatable bonds is 13.